The summed E-state index contributed by atoms with van der Waals surface area (Å²) >= 11 is 0. The Kier molecular flexibility index (Phi) is 8.08. The fraction of sp³-hybridized carbons (Fsp3) is 0.538. The quantitative estimate of drug-likeness (QED) is 0.612. The Morgan fingerprint density at radius 2 is 2.09 bits per heavy atom. The lowest BCUT2D eigenvalue weighted by molar-refractivity contribution is -0.156. The van der Waals surface area contributed by atoms with Crippen LogP contribution < -0.4 is 0 Å². The Balaban J connectivity index is 1.94. The van der Waals surface area contributed by atoms with Gasteiger partial charge in [-0.25, -0.2) is 9.18 Å². The van der Waals surface area contributed by atoms with E-state index in [0.29, 0.717) is 31.4 Å². The van der Waals surface area contributed by atoms with Crippen LogP contribution in [0, 0.1) is 18.2 Å². The third-order valence-electron chi connectivity index (χ3n) is 6.14. The van der Waals surface area contributed by atoms with Gasteiger partial charge in [0.1, 0.15) is 18.5 Å². The molecule has 0 saturated carbocycles. The molecule has 1 aliphatic heterocycles. The van der Waals surface area contributed by atoms with E-state index >= 15 is 0 Å². The predicted molar refractivity (Wildman–Crippen MR) is 122 cm³/mol. The molecule has 1 aromatic carbocycles. The molecule has 1 aromatic rings. The number of cyclic esters (lactones) is 1. The van der Waals surface area contributed by atoms with Gasteiger partial charge >= 0.3 is 11.9 Å². The van der Waals surface area contributed by atoms with Crippen LogP contribution in [0.4, 0.5) is 4.39 Å². The van der Waals surface area contributed by atoms with E-state index in [1.807, 2.05) is 18.2 Å². The molecule has 3 rings (SSSR count). The molecule has 2 aliphatic rings. The molecule has 1 unspecified atom stereocenters. The van der Waals surface area contributed by atoms with Crippen molar-refractivity contribution >= 4 is 17.5 Å². The number of hydrogen-bond acceptors (Lipinski definition) is 6. The topological polar surface area (TPSA) is 82.1 Å². The number of benzene rings is 1. The Bertz CT molecular complexity index is 948. The van der Waals surface area contributed by atoms with Gasteiger partial charge in [-0.3, -0.25) is 4.79 Å². The van der Waals surface area contributed by atoms with Crippen LogP contribution in [0.3, 0.4) is 0 Å². The summed E-state index contributed by atoms with van der Waals surface area (Å²) in [4.78, 5) is 23.5. The lowest BCUT2D eigenvalue weighted by Gasteiger charge is -2.39. The molecule has 6 nitrogen and oxygen atoms in total. The molecule has 180 valence electrons. The van der Waals surface area contributed by atoms with Crippen molar-refractivity contribution in [1.29, 1.82) is 0 Å². The number of esters is 2. The van der Waals surface area contributed by atoms with Gasteiger partial charge in [0.25, 0.3) is 0 Å². The van der Waals surface area contributed by atoms with Gasteiger partial charge in [0.15, 0.2) is 0 Å². The standard InChI is InChI=1S/C26H33FO6/c1-5-31-25(30)15-32-20-13-21(17-6-9-23(27)16(2)10-17)22(26(3,4)14-20)8-7-19-11-18(28)12-24(29)33-19/h6-10,18-20,28H,5,11-15H2,1-4H3/b8-7+/t18-,19-,20?/m0/s1. The van der Waals surface area contributed by atoms with E-state index in [4.69, 9.17) is 14.2 Å². The molecule has 0 amide bonds. The van der Waals surface area contributed by atoms with Gasteiger partial charge in [0.2, 0.25) is 0 Å². The third-order valence-corrected chi connectivity index (χ3v) is 6.14. The van der Waals surface area contributed by atoms with Gasteiger partial charge in [-0.2, -0.15) is 0 Å². The van der Waals surface area contributed by atoms with Crippen LogP contribution in [0.15, 0.2) is 35.9 Å². The normalized spacial score (nSPS) is 25.3. The SMILES string of the molecule is CCOC(=O)COC1CC(c2ccc(F)c(C)c2)=C(/C=C/[C@H]2C[C@H](O)CC(=O)O2)C(C)(C)C1. The number of carbonyl (C=O) groups excluding carboxylic acids is 2. The number of aryl methyl sites for hydroxylation is 1. The Labute approximate surface area is 194 Å². The second kappa shape index (κ2) is 10.6. The summed E-state index contributed by atoms with van der Waals surface area (Å²) in [6.45, 7) is 7.83. The zero-order valence-electron chi connectivity index (χ0n) is 19.7. The molecule has 33 heavy (non-hydrogen) atoms. The monoisotopic (exact) mass is 460 g/mol. The maximum Gasteiger partial charge on any atom is 0.332 e. The predicted octanol–water partition coefficient (Wildman–Crippen LogP) is 4.28. The van der Waals surface area contributed by atoms with E-state index in [9.17, 15) is 19.1 Å². The number of ether oxygens (including phenoxy) is 3. The summed E-state index contributed by atoms with van der Waals surface area (Å²) in [7, 11) is 0. The van der Waals surface area contributed by atoms with Crippen molar-refractivity contribution in [3.8, 4) is 0 Å². The van der Waals surface area contributed by atoms with Crippen LogP contribution in [0.25, 0.3) is 5.57 Å². The molecule has 0 aromatic heterocycles. The lowest BCUT2D eigenvalue weighted by atomic mass is 9.69. The first-order valence-corrected chi connectivity index (χ1v) is 11.4. The van der Waals surface area contributed by atoms with Crippen LogP contribution in [0.2, 0.25) is 0 Å². The van der Waals surface area contributed by atoms with E-state index < -0.39 is 24.1 Å². The van der Waals surface area contributed by atoms with Crippen molar-refractivity contribution in [3.63, 3.8) is 0 Å². The molecule has 3 atom stereocenters. The smallest absolute Gasteiger partial charge is 0.332 e. The van der Waals surface area contributed by atoms with E-state index in [1.165, 1.54) is 6.07 Å². The Morgan fingerprint density at radius 3 is 2.76 bits per heavy atom. The maximum atomic E-state index is 14.0. The number of allylic oxidation sites excluding steroid dienone is 2. The Hall–Kier alpha value is -2.51. The van der Waals surface area contributed by atoms with Gasteiger partial charge in [-0.1, -0.05) is 26.0 Å². The van der Waals surface area contributed by atoms with Gasteiger partial charge in [-0.15, -0.1) is 0 Å². The first kappa shape index (κ1) is 25.1. The minimum absolute atomic E-state index is 0.0120. The first-order chi connectivity index (χ1) is 15.6. The van der Waals surface area contributed by atoms with Crippen molar-refractivity contribution in [1.82, 2.24) is 0 Å². The number of halogens is 1. The molecule has 0 bridgehead atoms. The van der Waals surface area contributed by atoms with Crippen molar-refractivity contribution in [2.75, 3.05) is 13.2 Å². The molecular weight excluding hydrogens is 427 g/mol. The summed E-state index contributed by atoms with van der Waals surface area (Å²) < 4.78 is 30.2. The third kappa shape index (κ3) is 6.51. The number of carbonyl (C=O) groups is 2. The van der Waals surface area contributed by atoms with E-state index in [2.05, 4.69) is 13.8 Å². The molecule has 0 spiro atoms. The van der Waals surface area contributed by atoms with Crippen molar-refractivity contribution in [2.24, 2.45) is 5.41 Å². The summed E-state index contributed by atoms with van der Waals surface area (Å²) in [5.41, 5.74) is 3.11. The highest BCUT2D eigenvalue weighted by molar-refractivity contribution is 5.75. The van der Waals surface area contributed by atoms with Crippen LogP contribution in [0.5, 0.6) is 0 Å². The lowest BCUT2D eigenvalue weighted by Crippen LogP contribution is -2.33. The maximum absolute atomic E-state index is 14.0. The molecule has 1 fully saturated rings. The summed E-state index contributed by atoms with van der Waals surface area (Å²) in [5.74, 6) is -1.09. The van der Waals surface area contributed by atoms with Gasteiger partial charge < -0.3 is 19.3 Å². The summed E-state index contributed by atoms with van der Waals surface area (Å²) in [5, 5.41) is 9.92. The molecular formula is C26H33FO6. The minimum Gasteiger partial charge on any atom is -0.464 e. The number of aliphatic hydroxyl groups excluding tert-OH is 1. The van der Waals surface area contributed by atoms with Crippen molar-refractivity contribution in [3.05, 3.63) is 52.9 Å². The molecule has 1 aliphatic carbocycles. The highest BCUT2D eigenvalue weighted by Gasteiger charge is 2.36. The van der Waals surface area contributed by atoms with Crippen molar-refractivity contribution in [2.45, 2.75) is 71.7 Å². The van der Waals surface area contributed by atoms with Crippen LogP contribution in [-0.2, 0) is 23.8 Å². The molecule has 1 N–H and O–H groups in total. The van der Waals surface area contributed by atoms with Crippen molar-refractivity contribution < 1.29 is 33.3 Å². The number of hydrogen-bond donors (Lipinski definition) is 1. The molecule has 1 heterocycles. The highest BCUT2D eigenvalue weighted by atomic mass is 19.1. The fourth-order valence-electron chi connectivity index (χ4n) is 4.57. The summed E-state index contributed by atoms with van der Waals surface area (Å²) in [6.07, 6.45) is 3.91. The molecule has 0 radical (unpaired) electrons. The minimum atomic E-state index is -0.714. The first-order valence-electron chi connectivity index (χ1n) is 11.4. The second-order valence-corrected chi connectivity index (χ2v) is 9.37. The van der Waals surface area contributed by atoms with Crippen LogP contribution in [0.1, 0.15) is 57.6 Å². The fourth-order valence-corrected chi connectivity index (χ4v) is 4.57. The number of rotatable bonds is 7. The van der Waals surface area contributed by atoms with Gasteiger partial charge in [0.05, 0.1) is 25.2 Å². The van der Waals surface area contributed by atoms with Gasteiger partial charge in [-0.05, 0) is 72.6 Å². The van der Waals surface area contributed by atoms with Gasteiger partial charge in [0, 0.05) is 6.42 Å². The number of aliphatic hydroxyl groups is 1. The zero-order chi connectivity index (χ0) is 24.2. The van der Waals surface area contributed by atoms with E-state index in [1.54, 1.807) is 19.9 Å². The second-order valence-electron chi connectivity index (χ2n) is 9.37. The average Bonchev–Trinajstić information content (AvgIpc) is 2.72. The molecule has 1 saturated heterocycles. The summed E-state index contributed by atoms with van der Waals surface area (Å²) in [6, 6.07) is 5.01. The molecule has 7 heteroatoms. The largest absolute Gasteiger partial charge is 0.464 e. The average molecular weight is 461 g/mol. The van der Waals surface area contributed by atoms with E-state index in [0.717, 1.165) is 16.7 Å². The highest BCUT2D eigenvalue weighted by Crippen LogP contribution is 2.46. The Morgan fingerprint density at radius 1 is 1.33 bits per heavy atom. The van der Waals surface area contributed by atoms with Crippen LogP contribution in [-0.4, -0.2) is 48.6 Å². The van der Waals surface area contributed by atoms with Crippen LogP contribution >= 0.6 is 0 Å². The van der Waals surface area contributed by atoms with E-state index in [-0.39, 0.29) is 30.4 Å². The zero-order valence-corrected chi connectivity index (χ0v) is 19.7.